The summed E-state index contributed by atoms with van der Waals surface area (Å²) in [5.41, 5.74) is 1.83. The Morgan fingerprint density at radius 1 is 1.12 bits per heavy atom. The molecule has 1 N–H and O–H groups in total. The van der Waals surface area contributed by atoms with Gasteiger partial charge in [-0.15, -0.1) is 11.8 Å². The van der Waals surface area contributed by atoms with E-state index in [1.165, 1.54) is 18.3 Å². The average Bonchev–Trinajstić information content (AvgIpc) is 2.55. The fourth-order valence-corrected chi connectivity index (χ4v) is 2.68. The van der Waals surface area contributed by atoms with E-state index >= 15 is 0 Å². The largest absolute Gasteiger partial charge is 0.416 e. The minimum absolute atomic E-state index is 0.263. The summed E-state index contributed by atoms with van der Waals surface area (Å²) in [7, 11) is 0. The first kappa shape index (κ1) is 18.1. The van der Waals surface area contributed by atoms with Crippen LogP contribution in [-0.4, -0.2) is 17.9 Å². The van der Waals surface area contributed by atoms with Crippen LogP contribution in [0.4, 0.5) is 13.2 Å². The smallest absolute Gasteiger partial charge is 0.273 e. The number of hydrogen-bond donors (Lipinski definition) is 1. The number of nitrogens with one attached hydrogen (secondary N) is 1. The Bertz CT molecular complexity index is 702. The van der Waals surface area contributed by atoms with Gasteiger partial charge in [0.1, 0.15) is 0 Å². The highest BCUT2D eigenvalue weighted by Gasteiger charge is 2.30. The lowest BCUT2D eigenvalue weighted by molar-refractivity contribution is -0.137. The molecule has 2 aromatic carbocycles. The van der Waals surface area contributed by atoms with E-state index in [9.17, 15) is 18.0 Å². The molecule has 0 bridgehead atoms. The summed E-state index contributed by atoms with van der Waals surface area (Å²) >= 11 is 1.55. The zero-order chi connectivity index (χ0) is 17.4. The van der Waals surface area contributed by atoms with E-state index in [2.05, 4.69) is 10.5 Å². The third-order valence-electron chi connectivity index (χ3n) is 2.96. The van der Waals surface area contributed by atoms with E-state index in [0.717, 1.165) is 17.0 Å². The SMILES string of the molecule is O=C(CCSc1ccccc1)N/N=C/c1cccc(C(F)(F)F)c1. The Morgan fingerprint density at radius 3 is 2.58 bits per heavy atom. The molecule has 0 fully saturated rings. The summed E-state index contributed by atoms with van der Waals surface area (Å²) < 4.78 is 37.7. The van der Waals surface area contributed by atoms with E-state index in [1.807, 2.05) is 30.3 Å². The van der Waals surface area contributed by atoms with E-state index in [0.29, 0.717) is 5.75 Å². The number of carbonyl (C=O) groups excluding carboxylic acids is 1. The first-order chi connectivity index (χ1) is 11.4. The molecule has 0 aromatic heterocycles. The molecule has 0 aliphatic heterocycles. The molecule has 24 heavy (non-hydrogen) atoms. The Balaban J connectivity index is 1.78. The fourth-order valence-electron chi connectivity index (χ4n) is 1.81. The Morgan fingerprint density at radius 2 is 1.88 bits per heavy atom. The highest BCUT2D eigenvalue weighted by atomic mass is 32.2. The minimum atomic E-state index is -4.40. The van der Waals surface area contributed by atoms with Gasteiger partial charge >= 0.3 is 6.18 Å². The number of hydrazone groups is 1. The van der Waals surface area contributed by atoms with Crippen molar-refractivity contribution in [1.29, 1.82) is 0 Å². The summed E-state index contributed by atoms with van der Waals surface area (Å²) in [5, 5.41) is 3.69. The molecule has 0 heterocycles. The summed E-state index contributed by atoms with van der Waals surface area (Å²) in [6.45, 7) is 0. The van der Waals surface area contributed by atoms with E-state index in [1.54, 1.807) is 11.8 Å². The predicted octanol–water partition coefficient (Wildman–Crippen LogP) is 4.34. The first-order valence-corrected chi connectivity index (χ1v) is 8.11. The molecule has 2 aromatic rings. The van der Waals surface area contributed by atoms with Gasteiger partial charge < -0.3 is 0 Å². The number of benzene rings is 2. The Kier molecular flexibility index (Phi) is 6.43. The van der Waals surface area contributed by atoms with E-state index < -0.39 is 11.7 Å². The van der Waals surface area contributed by atoms with Gasteiger partial charge in [0.2, 0.25) is 5.91 Å². The zero-order valence-electron chi connectivity index (χ0n) is 12.6. The molecule has 0 saturated heterocycles. The van der Waals surface area contributed by atoms with Crippen molar-refractivity contribution in [3.63, 3.8) is 0 Å². The molecular weight excluding hydrogens is 337 g/mol. The topological polar surface area (TPSA) is 41.5 Å². The van der Waals surface area contributed by atoms with Crippen LogP contribution in [0.15, 0.2) is 64.6 Å². The molecule has 126 valence electrons. The van der Waals surface area contributed by atoms with Gasteiger partial charge in [0.25, 0.3) is 0 Å². The maximum atomic E-state index is 12.6. The molecule has 3 nitrogen and oxygen atoms in total. The second-order valence-corrected chi connectivity index (χ2v) is 6.00. The second-order valence-electron chi connectivity index (χ2n) is 4.83. The molecule has 0 radical (unpaired) electrons. The molecule has 7 heteroatoms. The number of carbonyl (C=O) groups is 1. The third-order valence-corrected chi connectivity index (χ3v) is 3.97. The van der Waals surface area contributed by atoms with Gasteiger partial charge in [0.15, 0.2) is 0 Å². The number of rotatable bonds is 6. The van der Waals surface area contributed by atoms with Crippen LogP contribution in [0, 0.1) is 0 Å². The number of amides is 1. The molecule has 0 aliphatic rings. The summed E-state index contributed by atoms with van der Waals surface area (Å²) in [6, 6.07) is 14.4. The van der Waals surface area contributed by atoms with Crippen LogP contribution >= 0.6 is 11.8 Å². The van der Waals surface area contributed by atoms with Crippen LogP contribution in [-0.2, 0) is 11.0 Å². The van der Waals surface area contributed by atoms with Gasteiger partial charge in [0.05, 0.1) is 11.8 Å². The van der Waals surface area contributed by atoms with Crippen molar-refractivity contribution in [3.8, 4) is 0 Å². The van der Waals surface area contributed by atoms with Gasteiger partial charge in [-0.1, -0.05) is 30.3 Å². The van der Waals surface area contributed by atoms with Crippen LogP contribution < -0.4 is 5.43 Å². The van der Waals surface area contributed by atoms with Gasteiger partial charge in [-0.2, -0.15) is 18.3 Å². The van der Waals surface area contributed by atoms with Crippen molar-refractivity contribution in [2.75, 3.05) is 5.75 Å². The second kappa shape index (κ2) is 8.54. The van der Waals surface area contributed by atoms with Crippen LogP contribution in [0.1, 0.15) is 17.5 Å². The Hall–Kier alpha value is -2.28. The number of alkyl halides is 3. The summed E-state index contributed by atoms with van der Waals surface area (Å²) in [6.07, 6.45) is -2.95. The molecule has 2 rings (SSSR count). The maximum absolute atomic E-state index is 12.6. The minimum Gasteiger partial charge on any atom is -0.273 e. The summed E-state index contributed by atoms with van der Waals surface area (Å²) in [4.78, 5) is 12.7. The van der Waals surface area contributed by atoms with Crippen molar-refractivity contribution in [3.05, 3.63) is 65.7 Å². The lowest BCUT2D eigenvalue weighted by Crippen LogP contribution is -2.17. The number of halogens is 3. The Labute approximate surface area is 142 Å². The normalized spacial score (nSPS) is 11.6. The van der Waals surface area contributed by atoms with Crippen LogP contribution in [0.5, 0.6) is 0 Å². The lowest BCUT2D eigenvalue weighted by atomic mass is 10.1. The highest BCUT2D eigenvalue weighted by Crippen LogP contribution is 2.29. The molecule has 1 amide bonds. The van der Waals surface area contributed by atoms with Crippen molar-refractivity contribution >= 4 is 23.9 Å². The molecule has 0 atom stereocenters. The fraction of sp³-hybridized carbons (Fsp3) is 0.176. The lowest BCUT2D eigenvalue weighted by Gasteiger charge is -2.06. The van der Waals surface area contributed by atoms with Crippen molar-refractivity contribution < 1.29 is 18.0 Å². The molecule has 0 aliphatic carbocycles. The maximum Gasteiger partial charge on any atom is 0.416 e. The zero-order valence-corrected chi connectivity index (χ0v) is 13.4. The monoisotopic (exact) mass is 352 g/mol. The number of thioether (sulfide) groups is 1. The summed E-state index contributed by atoms with van der Waals surface area (Å²) in [5.74, 6) is 0.302. The van der Waals surface area contributed by atoms with Crippen LogP contribution in [0.2, 0.25) is 0 Å². The van der Waals surface area contributed by atoms with Crippen molar-refractivity contribution in [2.45, 2.75) is 17.5 Å². The molecular formula is C17H15F3N2OS. The quantitative estimate of drug-likeness (QED) is 0.477. The number of nitrogens with zero attached hydrogens (tertiary/aromatic N) is 1. The van der Waals surface area contributed by atoms with E-state index in [-0.39, 0.29) is 17.9 Å². The number of hydrogen-bond acceptors (Lipinski definition) is 3. The van der Waals surface area contributed by atoms with E-state index in [4.69, 9.17) is 0 Å². The highest BCUT2D eigenvalue weighted by molar-refractivity contribution is 7.99. The van der Waals surface area contributed by atoms with Crippen molar-refractivity contribution in [2.24, 2.45) is 5.10 Å². The van der Waals surface area contributed by atoms with Gasteiger partial charge in [-0.05, 0) is 29.8 Å². The van der Waals surface area contributed by atoms with Crippen LogP contribution in [0.3, 0.4) is 0 Å². The third kappa shape index (κ3) is 6.08. The first-order valence-electron chi connectivity index (χ1n) is 7.12. The predicted molar refractivity (Wildman–Crippen MR) is 89.0 cm³/mol. The molecule has 0 spiro atoms. The van der Waals surface area contributed by atoms with Gasteiger partial charge in [0, 0.05) is 17.1 Å². The van der Waals surface area contributed by atoms with Crippen LogP contribution in [0.25, 0.3) is 0 Å². The van der Waals surface area contributed by atoms with Gasteiger partial charge in [-0.3, -0.25) is 4.79 Å². The molecule has 0 saturated carbocycles. The standard InChI is InChI=1S/C17H15F3N2OS/c18-17(19,20)14-6-4-5-13(11-14)12-21-22-16(23)9-10-24-15-7-2-1-3-8-15/h1-8,11-12H,9-10H2,(H,22,23)/b21-12+. The van der Waals surface area contributed by atoms with Gasteiger partial charge in [-0.25, -0.2) is 5.43 Å². The molecule has 0 unspecified atom stereocenters. The van der Waals surface area contributed by atoms with Crippen molar-refractivity contribution in [1.82, 2.24) is 5.43 Å². The average molecular weight is 352 g/mol.